The van der Waals surface area contributed by atoms with Gasteiger partial charge in [0.2, 0.25) is 10.0 Å². The number of rotatable bonds is 1. The van der Waals surface area contributed by atoms with Crippen LogP contribution in [0.25, 0.3) is 0 Å². The number of hydrogen-bond acceptors (Lipinski definition) is 6. The summed E-state index contributed by atoms with van der Waals surface area (Å²) in [5, 5.41) is 10.7. The van der Waals surface area contributed by atoms with E-state index in [-0.39, 0.29) is 44.4 Å². The first-order valence-corrected chi connectivity index (χ1v) is 17.1. The zero-order valence-corrected chi connectivity index (χ0v) is 26.1. The van der Waals surface area contributed by atoms with Gasteiger partial charge in [-0.2, -0.15) is 13.2 Å². The number of sulfonamides is 1. The van der Waals surface area contributed by atoms with Gasteiger partial charge in [0.25, 0.3) is 5.91 Å². The molecular weight excluding hydrogens is 617 g/mol. The van der Waals surface area contributed by atoms with Crippen molar-refractivity contribution in [1.29, 1.82) is 0 Å². The van der Waals surface area contributed by atoms with Crippen LogP contribution in [-0.4, -0.2) is 49.5 Å². The van der Waals surface area contributed by atoms with Gasteiger partial charge in [-0.1, -0.05) is 30.7 Å². The Morgan fingerprint density at radius 1 is 1.11 bits per heavy atom. The number of anilines is 1. The molecule has 1 fully saturated rings. The summed E-state index contributed by atoms with van der Waals surface area (Å²) in [4.78, 5) is 15.2. The molecule has 0 saturated heterocycles. The van der Waals surface area contributed by atoms with Gasteiger partial charge < -0.3 is 14.7 Å². The molecule has 2 aliphatic heterocycles. The molecule has 4 atom stereocenters. The normalized spacial score (nSPS) is 28.6. The van der Waals surface area contributed by atoms with Crippen LogP contribution in [0.15, 0.2) is 48.6 Å². The number of allylic oxidation sites excluding steroid dienone is 1. The summed E-state index contributed by atoms with van der Waals surface area (Å²) < 4.78 is 78.1. The van der Waals surface area contributed by atoms with Crippen LogP contribution in [-0.2, 0) is 23.1 Å². The molecule has 1 amide bonds. The number of aryl methyl sites for hydroxylation is 1. The number of aliphatic hydroxyl groups is 1. The Hall–Kier alpha value is -2.76. The van der Waals surface area contributed by atoms with E-state index >= 15 is 0 Å². The smallest absolute Gasteiger partial charge is 0.421 e. The molecule has 240 valence electrons. The Morgan fingerprint density at radius 2 is 1.91 bits per heavy atom. The Labute approximate surface area is 261 Å². The quantitative estimate of drug-likeness (QED) is 0.338. The van der Waals surface area contributed by atoms with E-state index in [9.17, 15) is 31.5 Å². The lowest BCUT2D eigenvalue weighted by Gasteiger charge is -2.48. The molecule has 5 rings (SSSR count). The van der Waals surface area contributed by atoms with Crippen LogP contribution in [0.5, 0.6) is 5.75 Å². The molecule has 0 radical (unpaired) electrons. The van der Waals surface area contributed by atoms with Crippen molar-refractivity contribution >= 4 is 33.2 Å². The predicted octanol–water partition coefficient (Wildman–Crippen LogP) is 6.57. The Kier molecular flexibility index (Phi) is 9.58. The van der Waals surface area contributed by atoms with E-state index in [1.54, 1.807) is 25.1 Å². The average molecular weight is 655 g/mol. The van der Waals surface area contributed by atoms with Gasteiger partial charge in [-0.05, 0) is 105 Å². The number of hydrogen-bond donors (Lipinski definition) is 2. The number of carbonyl (C=O) groups is 1. The molecule has 2 bridgehead atoms. The predicted molar refractivity (Wildman–Crippen MR) is 163 cm³/mol. The third-order valence-electron chi connectivity index (χ3n) is 9.29. The fraction of sp³-hybridized carbons (Fsp3) is 0.531. The lowest BCUT2D eigenvalue weighted by Crippen LogP contribution is -2.57. The fourth-order valence-corrected chi connectivity index (χ4v) is 8.18. The van der Waals surface area contributed by atoms with E-state index in [4.69, 9.17) is 16.3 Å². The molecule has 2 N–H and O–H groups in total. The molecule has 0 spiro atoms. The molecule has 2 aromatic carbocycles. The number of nitrogens with one attached hydrogen (secondary N) is 1. The Bertz CT molecular complexity index is 1520. The summed E-state index contributed by atoms with van der Waals surface area (Å²) in [7, 11) is -4.14. The SMILES string of the molecule is CC[C@@H]1CC/C=C/[C@](O)(C(F)(F)F)[C@@H]2CC[C@H]2CN2CCCCc3cc(Cl)ccc3COc3ccc(cc32)C(=O)NS1(=O)=O. The van der Waals surface area contributed by atoms with Crippen molar-refractivity contribution in [1.82, 2.24) is 4.72 Å². The van der Waals surface area contributed by atoms with Crippen LogP contribution >= 0.6 is 11.6 Å². The monoisotopic (exact) mass is 654 g/mol. The van der Waals surface area contributed by atoms with Gasteiger partial charge in [0.1, 0.15) is 12.4 Å². The lowest BCUT2D eigenvalue weighted by molar-refractivity contribution is -0.273. The van der Waals surface area contributed by atoms with Gasteiger partial charge in [-0.15, -0.1) is 0 Å². The highest BCUT2D eigenvalue weighted by Crippen LogP contribution is 2.50. The summed E-state index contributed by atoms with van der Waals surface area (Å²) in [6, 6.07) is 10.2. The molecule has 2 aromatic rings. The minimum Gasteiger partial charge on any atom is -0.487 e. The first-order chi connectivity index (χ1) is 20.8. The number of nitrogens with zero attached hydrogens (tertiary/aromatic N) is 1. The maximum Gasteiger partial charge on any atom is 0.421 e. The largest absolute Gasteiger partial charge is 0.487 e. The first-order valence-electron chi connectivity index (χ1n) is 15.1. The second kappa shape index (κ2) is 12.9. The zero-order valence-electron chi connectivity index (χ0n) is 24.6. The van der Waals surface area contributed by atoms with Gasteiger partial charge in [0, 0.05) is 29.6 Å². The summed E-state index contributed by atoms with van der Waals surface area (Å²) in [6.45, 7) is 2.50. The van der Waals surface area contributed by atoms with Crippen molar-refractivity contribution in [3.8, 4) is 5.75 Å². The first kappa shape index (κ1) is 32.6. The average Bonchev–Trinajstić information content (AvgIpc) is 2.97. The number of amides is 1. The highest BCUT2D eigenvalue weighted by atomic mass is 35.5. The van der Waals surface area contributed by atoms with Crippen molar-refractivity contribution < 1.29 is 36.2 Å². The minimum absolute atomic E-state index is 0.000701. The Balaban J connectivity index is 1.58. The topological polar surface area (TPSA) is 95.9 Å². The molecule has 1 saturated carbocycles. The van der Waals surface area contributed by atoms with Crippen LogP contribution < -0.4 is 14.4 Å². The maximum atomic E-state index is 14.4. The highest BCUT2D eigenvalue weighted by Gasteiger charge is 2.61. The Morgan fingerprint density at radius 3 is 2.61 bits per heavy atom. The van der Waals surface area contributed by atoms with Crippen LogP contribution in [0.3, 0.4) is 0 Å². The minimum atomic E-state index is -4.91. The molecular formula is C32H38ClF3N2O5S. The van der Waals surface area contributed by atoms with Gasteiger partial charge in [0.15, 0.2) is 5.60 Å². The number of fused-ring (bicyclic) bond motifs is 3. The van der Waals surface area contributed by atoms with Crippen molar-refractivity contribution in [2.45, 2.75) is 81.9 Å². The van der Waals surface area contributed by atoms with Crippen molar-refractivity contribution in [2.75, 3.05) is 18.0 Å². The molecule has 2 heterocycles. The van der Waals surface area contributed by atoms with Gasteiger partial charge in [-0.3, -0.25) is 4.79 Å². The van der Waals surface area contributed by atoms with Crippen LogP contribution in [0.2, 0.25) is 5.02 Å². The third kappa shape index (κ3) is 6.74. The van der Waals surface area contributed by atoms with E-state index in [1.807, 2.05) is 17.0 Å². The van der Waals surface area contributed by atoms with E-state index < -0.39 is 44.8 Å². The van der Waals surface area contributed by atoms with E-state index in [1.165, 1.54) is 12.1 Å². The third-order valence-corrected chi connectivity index (χ3v) is 11.4. The van der Waals surface area contributed by atoms with Crippen LogP contribution in [0, 0.1) is 11.8 Å². The number of ether oxygens (including phenoxy) is 1. The fourth-order valence-electron chi connectivity index (χ4n) is 6.55. The van der Waals surface area contributed by atoms with Crippen molar-refractivity contribution in [2.24, 2.45) is 11.8 Å². The molecule has 12 heteroatoms. The van der Waals surface area contributed by atoms with E-state index in [2.05, 4.69) is 4.72 Å². The standard InChI is InChI=1S/C32H38ClF3N2O5S/c1-2-26-8-3-5-15-31(40,32(34,35)36)27-13-10-23(27)19-38-16-6-4-7-21-17-25(33)12-9-24(21)20-43-29-14-11-22(18-28(29)38)30(39)37-44(26,41)42/h5,9,11-12,14-15,17-18,23,26-27,40H,2-4,6-8,10,13,16,19-20H2,1H3,(H,37,39)/b15-5+/t23-,26+,27+,31+/m0/s1. The van der Waals surface area contributed by atoms with Gasteiger partial charge in [-0.25, -0.2) is 13.1 Å². The highest BCUT2D eigenvalue weighted by molar-refractivity contribution is 7.90. The van der Waals surface area contributed by atoms with Crippen LogP contribution in [0.1, 0.15) is 73.4 Å². The summed E-state index contributed by atoms with van der Waals surface area (Å²) in [6.07, 6.45) is 0.174. The van der Waals surface area contributed by atoms with Crippen molar-refractivity contribution in [3.63, 3.8) is 0 Å². The second-order valence-electron chi connectivity index (χ2n) is 12.0. The van der Waals surface area contributed by atoms with E-state index in [0.29, 0.717) is 35.8 Å². The molecule has 3 aliphatic rings. The molecule has 7 nitrogen and oxygen atoms in total. The van der Waals surface area contributed by atoms with Crippen LogP contribution in [0.4, 0.5) is 18.9 Å². The molecule has 0 aromatic heterocycles. The number of benzene rings is 2. The summed E-state index contributed by atoms with van der Waals surface area (Å²) >= 11 is 6.26. The van der Waals surface area contributed by atoms with Gasteiger partial charge >= 0.3 is 6.18 Å². The summed E-state index contributed by atoms with van der Waals surface area (Å²) in [5.74, 6) is -1.91. The van der Waals surface area contributed by atoms with Gasteiger partial charge in [0.05, 0.1) is 10.9 Å². The number of halogens is 4. The van der Waals surface area contributed by atoms with Crippen molar-refractivity contribution in [3.05, 3.63) is 70.3 Å². The zero-order chi connectivity index (χ0) is 31.7. The molecule has 44 heavy (non-hydrogen) atoms. The molecule has 1 aliphatic carbocycles. The maximum absolute atomic E-state index is 14.4. The molecule has 0 unspecified atom stereocenters. The number of alkyl halides is 3. The second-order valence-corrected chi connectivity index (χ2v) is 14.4. The lowest BCUT2D eigenvalue weighted by atomic mass is 9.64. The number of carbonyl (C=O) groups excluding carboxylic acids is 1. The summed E-state index contributed by atoms with van der Waals surface area (Å²) in [5.41, 5.74) is -0.461. The van der Waals surface area contributed by atoms with E-state index in [0.717, 1.165) is 30.0 Å².